The Hall–Kier alpha value is -4.26. The van der Waals surface area contributed by atoms with Crippen LogP contribution in [0.4, 0.5) is 0 Å². The van der Waals surface area contributed by atoms with Gasteiger partial charge in [-0.05, 0) is 48.7 Å². The summed E-state index contributed by atoms with van der Waals surface area (Å²) in [6.07, 6.45) is 0.618. The van der Waals surface area contributed by atoms with Crippen LogP contribution in [0.25, 0.3) is 28.3 Å². The molecule has 3 aromatic carbocycles. The van der Waals surface area contributed by atoms with E-state index in [4.69, 9.17) is 9.72 Å². The van der Waals surface area contributed by atoms with Crippen molar-refractivity contribution in [2.24, 2.45) is 5.92 Å². The molecule has 0 bridgehead atoms. The summed E-state index contributed by atoms with van der Waals surface area (Å²) in [6, 6.07) is 18.7. The Morgan fingerprint density at radius 2 is 1.59 bits per heavy atom. The largest absolute Gasteiger partial charge is 0.507 e. The summed E-state index contributed by atoms with van der Waals surface area (Å²) in [4.78, 5) is 16.5. The van der Waals surface area contributed by atoms with Gasteiger partial charge in [0.15, 0.2) is 0 Å². The average molecular weight is 459 g/mol. The van der Waals surface area contributed by atoms with Crippen molar-refractivity contribution in [3.05, 3.63) is 78.0 Å². The van der Waals surface area contributed by atoms with Crippen molar-refractivity contribution >= 4 is 5.97 Å². The fourth-order valence-corrected chi connectivity index (χ4v) is 4.04. The number of carbonyl (C=O) groups is 1. The molecule has 3 N–H and O–H groups in total. The van der Waals surface area contributed by atoms with Gasteiger partial charge >= 0.3 is 5.97 Å². The molecule has 0 fully saturated rings. The van der Waals surface area contributed by atoms with Crippen LogP contribution in [0.2, 0.25) is 0 Å². The third-order valence-electron chi connectivity index (χ3n) is 5.55. The third-order valence-corrected chi connectivity index (χ3v) is 5.55. The van der Waals surface area contributed by atoms with Crippen molar-refractivity contribution in [1.82, 2.24) is 9.55 Å². The normalized spacial score (nSPS) is 11.1. The fraction of sp³-hybridized carbons (Fsp3) is 0.185. The zero-order valence-corrected chi connectivity index (χ0v) is 19.2. The van der Waals surface area contributed by atoms with Crippen molar-refractivity contribution in [2.75, 3.05) is 7.11 Å². The molecule has 0 radical (unpaired) electrons. The lowest BCUT2D eigenvalue weighted by Gasteiger charge is -2.17. The van der Waals surface area contributed by atoms with E-state index in [2.05, 4.69) is 13.8 Å². The van der Waals surface area contributed by atoms with Crippen LogP contribution >= 0.6 is 0 Å². The summed E-state index contributed by atoms with van der Waals surface area (Å²) in [5.74, 6) is -0.00834. The zero-order chi connectivity index (χ0) is 24.4. The van der Waals surface area contributed by atoms with Gasteiger partial charge in [-0.15, -0.1) is 0 Å². The summed E-state index contributed by atoms with van der Waals surface area (Å²) in [5.41, 5.74) is 3.16. The second kappa shape index (κ2) is 9.31. The van der Waals surface area contributed by atoms with Crippen LogP contribution in [0.3, 0.4) is 0 Å². The molecule has 0 unspecified atom stereocenters. The van der Waals surface area contributed by atoms with Crippen LogP contribution in [0.15, 0.2) is 66.7 Å². The number of methoxy groups -OCH3 is 1. The second-order valence-corrected chi connectivity index (χ2v) is 8.39. The molecule has 7 heteroatoms. The van der Waals surface area contributed by atoms with E-state index in [1.165, 1.54) is 13.2 Å². The first-order chi connectivity index (χ1) is 16.3. The summed E-state index contributed by atoms with van der Waals surface area (Å²) in [6.45, 7) is 4.17. The first kappa shape index (κ1) is 22.9. The molecule has 0 aliphatic heterocycles. The number of para-hydroxylation sites is 2. The summed E-state index contributed by atoms with van der Waals surface area (Å²) < 4.78 is 7.26. The number of phenolic OH excluding ortho intramolecular Hbond substituents is 2. The second-order valence-electron chi connectivity index (χ2n) is 8.39. The summed E-state index contributed by atoms with van der Waals surface area (Å²) in [7, 11) is 1.42. The quantitative estimate of drug-likeness (QED) is 0.337. The number of aromatic nitrogens is 2. The Bertz CT molecular complexity index is 1360. The maximum atomic E-state index is 11.6. The number of aromatic hydroxyl groups is 2. The lowest BCUT2D eigenvalue weighted by molar-refractivity contribution is 0.0693. The van der Waals surface area contributed by atoms with E-state index in [0.717, 1.165) is 5.69 Å². The standard InChI is InChI=1S/C27H26N2O5/c1-16(2)14-21-25(18-8-4-6-10-22(18)30)28-26(19-9-5-7-11-23(19)31)29(21)17-12-13-20(27(32)33)24(15-17)34-3/h4-13,15-16,30-31H,14H2,1-3H3,(H,32,33). The Kier molecular flexibility index (Phi) is 6.27. The van der Waals surface area contributed by atoms with Crippen LogP contribution < -0.4 is 4.74 Å². The van der Waals surface area contributed by atoms with Crippen LogP contribution in [-0.4, -0.2) is 37.9 Å². The Morgan fingerprint density at radius 3 is 2.15 bits per heavy atom. The average Bonchev–Trinajstić information content (AvgIpc) is 3.17. The van der Waals surface area contributed by atoms with Gasteiger partial charge in [0.25, 0.3) is 0 Å². The highest BCUT2D eigenvalue weighted by Crippen LogP contribution is 2.39. The Morgan fingerprint density at radius 1 is 0.971 bits per heavy atom. The zero-order valence-electron chi connectivity index (χ0n) is 19.2. The number of carboxylic acids is 1. The van der Waals surface area contributed by atoms with E-state index in [9.17, 15) is 20.1 Å². The van der Waals surface area contributed by atoms with Crippen LogP contribution in [0.5, 0.6) is 17.2 Å². The van der Waals surface area contributed by atoms with Gasteiger partial charge in [-0.25, -0.2) is 9.78 Å². The smallest absolute Gasteiger partial charge is 0.339 e. The lowest BCUT2D eigenvalue weighted by atomic mass is 10.0. The molecule has 1 aromatic heterocycles. The highest BCUT2D eigenvalue weighted by molar-refractivity contribution is 5.91. The number of hydrogen-bond donors (Lipinski definition) is 3. The summed E-state index contributed by atoms with van der Waals surface area (Å²) >= 11 is 0. The first-order valence-corrected chi connectivity index (χ1v) is 10.9. The van der Waals surface area contributed by atoms with Gasteiger partial charge < -0.3 is 20.1 Å². The molecule has 0 saturated carbocycles. The van der Waals surface area contributed by atoms with Crippen molar-refractivity contribution in [1.29, 1.82) is 0 Å². The molecule has 34 heavy (non-hydrogen) atoms. The molecular weight excluding hydrogens is 432 g/mol. The maximum absolute atomic E-state index is 11.6. The molecule has 0 aliphatic rings. The van der Waals surface area contributed by atoms with E-state index >= 15 is 0 Å². The van der Waals surface area contributed by atoms with Crippen molar-refractivity contribution in [3.8, 4) is 45.6 Å². The Labute approximate surface area is 197 Å². The van der Waals surface area contributed by atoms with Crippen LogP contribution in [0.1, 0.15) is 29.9 Å². The number of nitrogens with zero attached hydrogens (tertiary/aromatic N) is 2. The van der Waals surface area contributed by atoms with E-state index < -0.39 is 5.97 Å². The molecule has 0 atom stereocenters. The van der Waals surface area contributed by atoms with Gasteiger partial charge in [-0.2, -0.15) is 0 Å². The predicted molar refractivity (Wildman–Crippen MR) is 130 cm³/mol. The molecule has 4 aromatic rings. The first-order valence-electron chi connectivity index (χ1n) is 10.9. The van der Waals surface area contributed by atoms with Crippen LogP contribution in [-0.2, 0) is 6.42 Å². The molecule has 174 valence electrons. The molecule has 0 aliphatic carbocycles. The number of phenols is 2. The highest BCUT2D eigenvalue weighted by atomic mass is 16.5. The number of benzene rings is 3. The number of imidazole rings is 1. The number of rotatable bonds is 7. The number of ether oxygens (including phenoxy) is 1. The predicted octanol–water partition coefficient (Wildman–Crippen LogP) is 5.52. The molecule has 0 amide bonds. The fourth-order valence-electron chi connectivity index (χ4n) is 4.04. The van der Waals surface area contributed by atoms with Crippen molar-refractivity contribution < 1.29 is 24.9 Å². The van der Waals surface area contributed by atoms with Gasteiger partial charge in [0.1, 0.15) is 28.6 Å². The maximum Gasteiger partial charge on any atom is 0.339 e. The topological polar surface area (TPSA) is 105 Å². The molecule has 7 nitrogen and oxygen atoms in total. The number of aromatic carboxylic acids is 1. The van der Waals surface area contributed by atoms with Gasteiger partial charge in [0.2, 0.25) is 0 Å². The molecule has 4 rings (SSSR count). The minimum absolute atomic E-state index is 0.0433. The van der Waals surface area contributed by atoms with E-state index in [-0.39, 0.29) is 28.7 Å². The number of hydrogen-bond acceptors (Lipinski definition) is 5. The van der Waals surface area contributed by atoms with E-state index in [1.807, 2.05) is 16.7 Å². The van der Waals surface area contributed by atoms with Crippen molar-refractivity contribution in [3.63, 3.8) is 0 Å². The molecule has 0 spiro atoms. The van der Waals surface area contributed by atoms with Crippen molar-refractivity contribution in [2.45, 2.75) is 20.3 Å². The molecular formula is C27H26N2O5. The number of carboxylic acid groups (broad SMARTS) is 1. The van der Waals surface area contributed by atoms with Gasteiger partial charge in [-0.3, -0.25) is 4.57 Å². The van der Waals surface area contributed by atoms with Crippen LogP contribution in [0, 0.1) is 5.92 Å². The van der Waals surface area contributed by atoms with Gasteiger partial charge in [0, 0.05) is 11.6 Å². The minimum atomic E-state index is -1.09. The van der Waals surface area contributed by atoms with Gasteiger partial charge in [-0.1, -0.05) is 38.1 Å². The third kappa shape index (κ3) is 4.20. The minimum Gasteiger partial charge on any atom is -0.507 e. The monoisotopic (exact) mass is 458 g/mol. The van der Waals surface area contributed by atoms with E-state index in [0.29, 0.717) is 34.8 Å². The Balaban J connectivity index is 2.09. The highest BCUT2D eigenvalue weighted by Gasteiger charge is 2.25. The van der Waals surface area contributed by atoms with Gasteiger partial charge in [0.05, 0.1) is 29.7 Å². The molecule has 1 heterocycles. The lowest BCUT2D eigenvalue weighted by Crippen LogP contribution is -2.08. The summed E-state index contributed by atoms with van der Waals surface area (Å²) in [5, 5.41) is 30.8. The SMILES string of the molecule is COc1cc(-n2c(-c3ccccc3O)nc(-c3ccccc3O)c2CC(C)C)ccc1C(=O)O. The van der Waals surface area contributed by atoms with E-state index in [1.54, 1.807) is 48.5 Å². The molecule has 0 saturated heterocycles.